The smallest absolute Gasteiger partial charge is 0.234 e. The molecule has 4 nitrogen and oxygen atoms in total. The second-order valence-electron chi connectivity index (χ2n) is 7.51. The van der Waals surface area contributed by atoms with E-state index in [1.54, 1.807) is 0 Å². The molecule has 0 aromatic heterocycles. The van der Waals surface area contributed by atoms with Crippen LogP contribution in [0.1, 0.15) is 43.2 Å². The number of amides is 2. The summed E-state index contributed by atoms with van der Waals surface area (Å²) in [5.74, 6) is 0.546. The van der Waals surface area contributed by atoms with Gasteiger partial charge in [-0.3, -0.25) is 9.59 Å². The molecule has 1 saturated carbocycles. The van der Waals surface area contributed by atoms with Crippen molar-refractivity contribution in [3.05, 3.63) is 53.6 Å². The third-order valence-corrected chi connectivity index (χ3v) is 6.10. The van der Waals surface area contributed by atoms with Crippen LogP contribution >= 0.6 is 11.8 Å². The van der Waals surface area contributed by atoms with Crippen LogP contribution in [-0.2, 0) is 9.59 Å². The Kier molecular flexibility index (Phi) is 7.15. The number of nitrogens with one attached hydrogen (secondary N) is 2. The molecule has 0 radical (unpaired) electrons. The van der Waals surface area contributed by atoms with E-state index in [2.05, 4.69) is 16.7 Å². The quantitative estimate of drug-likeness (QED) is 0.629. The predicted molar refractivity (Wildman–Crippen MR) is 117 cm³/mol. The summed E-state index contributed by atoms with van der Waals surface area (Å²) in [5.41, 5.74) is 3.89. The summed E-state index contributed by atoms with van der Waals surface area (Å²) in [7, 11) is 0. The Hall–Kier alpha value is -2.27. The molecule has 2 amide bonds. The lowest BCUT2D eigenvalue weighted by molar-refractivity contribution is -0.120. The van der Waals surface area contributed by atoms with E-state index in [4.69, 9.17) is 0 Å². The van der Waals surface area contributed by atoms with Gasteiger partial charge in [-0.2, -0.15) is 0 Å². The van der Waals surface area contributed by atoms with E-state index in [-0.39, 0.29) is 17.7 Å². The lowest BCUT2D eigenvalue weighted by Crippen LogP contribution is -2.24. The number of carbonyl (C=O) groups is 2. The summed E-state index contributed by atoms with van der Waals surface area (Å²) in [6.45, 7) is 4.03. The maximum Gasteiger partial charge on any atom is 0.234 e. The summed E-state index contributed by atoms with van der Waals surface area (Å²) in [4.78, 5) is 25.7. The van der Waals surface area contributed by atoms with Crippen molar-refractivity contribution in [3.63, 3.8) is 0 Å². The zero-order valence-corrected chi connectivity index (χ0v) is 17.4. The number of carbonyl (C=O) groups excluding carboxylic acids is 2. The normalized spacial score (nSPS) is 14.5. The first-order valence-corrected chi connectivity index (χ1v) is 10.9. The van der Waals surface area contributed by atoms with Crippen molar-refractivity contribution in [2.45, 2.75) is 50.8 Å². The Morgan fingerprint density at radius 2 is 1.79 bits per heavy atom. The third-order valence-electron chi connectivity index (χ3n) is 5.10. The lowest BCUT2D eigenvalue weighted by atomic mass is 9.88. The van der Waals surface area contributed by atoms with Gasteiger partial charge in [0.25, 0.3) is 0 Å². The molecule has 2 aromatic carbocycles. The van der Waals surface area contributed by atoms with Crippen molar-refractivity contribution in [3.8, 4) is 0 Å². The first-order chi connectivity index (χ1) is 13.5. The van der Waals surface area contributed by atoms with E-state index in [0.717, 1.165) is 47.5 Å². The summed E-state index contributed by atoms with van der Waals surface area (Å²) in [6, 6.07) is 13.7. The molecule has 1 aliphatic carbocycles. The molecule has 5 heteroatoms. The van der Waals surface area contributed by atoms with Crippen LogP contribution in [0.5, 0.6) is 0 Å². The van der Waals surface area contributed by atoms with Gasteiger partial charge in [0, 0.05) is 22.2 Å². The molecule has 0 unspecified atom stereocenters. The Morgan fingerprint density at radius 1 is 1.00 bits per heavy atom. The summed E-state index contributed by atoms with van der Waals surface area (Å²) >= 11 is 1.47. The maximum absolute atomic E-state index is 12.4. The fourth-order valence-corrected chi connectivity index (χ4v) is 4.32. The number of anilines is 2. The standard InChI is InChI=1S/C23H28N2O2S/c1-16-11-12-21(17(2)13-16)25-22(26)15-28-20-10-6-9-19(14-20)24-23(27)18-7-4-3-5-8-18/h6,9-14,18H,3-5,7-8,15H2,1-2H3,(H,24,27)(H,25,26). The van der Waals surface area contributed by atoms with Gasteiger partial charge in [0.15, 0.2) is 0 Å². The number of hydrogen-bond donors (Lipinski definition) is 2. The molecule has 1 fully saturated rings. The van der Waals surface area contributed by atoms with Crippen LogP contribution in [-0.4, -0.2) is 17.6 Å². The van der Waals surface area contributed by atoms with Crippen LogP contribution in [0.15, 0.2) is 47.4 Å². The van der Waals surface area contributed by atoms with Crippen LogP contribution in [0, 0.1) is 19.8 Å². The summed E-state index contributed by atoms with van der Waals surface area (Å²) < 4.78 is 0. The molecule has 3 rings (SSSR count). The van der Waals surface area contributed by atoms with Crippen LogP contribution < -0.4 is 10.6 Å². The molecule has 28 heavy (non-hydrogen) atoms. The van der Waals surface area contributed by atoms with Crippen molar-refractivity contribution in [1.82, 2.24) is 0 Å². The minimum absolute atomic E-state index is 0.0337. The minimum Gasteiger partial charge on any atom is -0.326 e. The van der Waals surface area contributed by atoms with E-state index in [1.165, 1.54) is 23.7 Å². The van der Waals surface area contributed by atoms with Gasteiger partial charge in [-0.15, -0.1) is 11.8 Å². The average molecular weight is 397 g/mol. The third kappa shape index (κ3) is 5.86. The molecular formula is C23H28N2O2S. The predicted octanol–water partition coefficient (Wildman–Crippen LogP) is 5.55. The molecule has 1 aliphatic rings. The molecule has 0 saturated heterocycles. The van der Waals surface area contributed by atoms with Crippen molar-refractivity contribution in [2.24, 2.45) is 5.92 Å². The Labute approximate surface area is 171 Å². The molecule has 0 bridgehead atoms. The topological polar surface area (TPSA) is 58.2 Å². The molecule has 2 N–H and O–H groups in total. The van der Waals surface area contributed by atoms with Crippen molar-refractivity contribution < 1.29 is 9.59 Å². The number of hydrogen-bond acceptors (Lipinski definition) is 3. The van der Waals surface area contributed by atoms with Crippen molar-refractivity contribution >= 4 is 35.0 Å². The second kappa shape index (κ2) is 9.78. The maximum atomic E-state index is 12.4. The van der Waals surface area contributed by atoms with Crippen LogP contribution in [0.3, 0.4) is 0 Å². The van der Waals surface area contributed by atoms with E-state index in [1.807, 2.05) is 50.2 Å². The summed E-state index contributed by atoms with van der Waals surface area (Å²) in [5, 5.41) is 6.01. The highest BCUT2D eigenvalue weighted by Crippen LogP contribution is 2.26. The highest BCUT2D eigenvalue weighted by Gasteiger charge is 2.21. The Balaban J connectivity index is 1.52. The SMILES string of the molecule is Cc1ccc(NC(=O)CSc2cccc(NC(=O)C3CCCCC3)c2)c(C)c1. The number of rotatable bonds is 6. The van der Waals surface area contributed by atoms with Gasteiger partial charge in [0.1, 0.15) is 0 Å². The van der Waals surface area contributed by atoms with Gasteiger partial charge in [-0.25, -0.2) is 0 Å². The van der Waals surface area contributed by atoms with Crippen LogP contribution in [0.2, 0.25) is 0 Å². The molecule has 0 heterocycles. The zero-order valence-electron chi connectivity index (χ0n) is 16.6. The van der Waals surface area contributed by atoms with Gasteiger partial charge in [-0.1, -0.05) is 43.0 Å². The minimum atomic E-state index is -0.0337. The lowest BCUT2D eigenvalue weighted by Gasteiger charge is -2.20. The fraction of sp³-hybridized carbons (Fsp3) is 0.391. The largest absolute Gasteiger partial charge is 0.326 e. The Morgan fingerprint density at radius 3 is 2.54 bits per heavy atom. The van der Waals surface area contributed by atoms with E-state index in [9.17, 15) is 9.59 Å². The molecule has 0 atom stereocenters. The van der Waals surface area contributed by atoms with Crippen molar-refractivity contribution in [1.29, 1.82) is 0 Å². The monoisotopic (exact) mass is 396 g/mol. The number of thioether (sulfide) groups is 1. The average Bonchev–Trinajstić information content (AvgIpc) is 2.69. The van der Waals surface area contributed by atoms with Crippen LogP contribution in [0.25, 0.3) is 0 Å². The zero-order chi connectivity index (χ0) is 19.9. The number of benzene rings is 2. The Bertz CT molecular complexity index is 844. The molecular weight excluding hydrogens is 368 g/mol. The number of aryl methyl sites for hydroxylation is 2. The van der Waals surface area contributed by atoms with Gasteiger partial charge in [0.05, 0.1) is 5.75 Å². The van der Waals surface area contributed by atoms with E-state index >= 15 is 0 Å². The highest BCUT2D eigenvalue weighted by molar-refractivity contribution is 8.00. The fourth-order valence-electron chi connectivity index (χ4n) is 3.56. The summed E-state index contributed by atoms with van der Waals surface area (Å²) in [6.07, 6.45) is 5.49. The molecule has 2 aromatic rings. The highest BCUT2D eigenvalue weighted by atomic mass is 32.2. The van der Waals surface area contributed by atoms with Gasteiger partial charge < -0.3 is 10.6 Å². The van der Waals surface area contributed by atoms with Gasteiger partial charge in [0.2, 0.25) is 11.8 Å². The molecule has 0 aliphatic heterocycles. The van der Waals surface area contributed by atoms with Gasteiger partial charge in [-0.05, 0) is 56.5 Å². The van der Waals surface area contributed by atoms with Crippen LogP contribution in [0.4, 0.5) is 11.4 Å². The first-order valence-electron chi connectivity index (χ1n) is 9.92. The second-order valence-corrected chi connectivity index (χ2v) is 8.56. The van der Waals surface area contributed by atoms with Crippen molar-refractivity contribution in [2.75, 3.05) is 16.4 Å². The molecule has 148 valence electrons. The first kappa shape index (κ1) is 20.5. The van der Waals surface area contributed by atoms with Gasteiger partial charge >= 0.3 is 0 Å². The van der Waals surface area contributed by atoms with E-state index < -0.39 is 0 Å². The van der Waals surface area contributed by atoms with E-state index in [0.29, 0.717) is 5.75 Å². The molecule has 0 spiro atoms.